The highest BCUT2D eigenvalue weighted by molar-refractivity contribution is 5.92. The van der Waals surface area contributed by atoms with Crippen LogP contribution in [0.3, 0.4) is 0 Å². The number of amides is 1. The number of carbonyl (C=O) groups excluding carboxylic acids is 1. The Balaban J connectivity index is 1.59. The van der Waals surface area contributed by atoms with Crippen LogP contribution in [-0.2, 0) is 11.2 Å². The average Bonchev–Trinajstić information content (AvgIpc) is 2.61. The molecule has 0 radical (unpaired) electrons. The monoisotopic (exact) mass is 335 g/mol. The molecule has 0 atom stereocenters. The van der Waals surface area contributed by atoms with Gasteiger partial charge in [0, 0.05) is 5.69 Å². The van der Waals surface area contributed by atoms with Gasteiger partial charge in [0.1, 0.15) is 11.5 Å². The van der Waals surface area contributed by atoms with Gasteiger partial charge in [-0.15, -0.1) is 0 Å². The van der Waals surface area contributed by atoms with Gasteiger partial charge in [-0.25, -0.2) is 0 Å². The minimum Gasteiger partial charge on any atom is -0.504 e. The summed E-state index contributed by atoms with van der Waals surface area (Å²) in [5.41, 5.74) is 1.25. The van der Waals surface area contributed by atoms with Crippen LogP contribution in [0.2, 0.25) is 0 Å². The lowest BCUT2D eigenvalue weighted by atomic mass is 10.1. The second-order valence-electron chi connectivity index (χ2n) is 5.49. The Bertz CT molecular complexity index is 861. The number of carbonyl (C=O) groups is 1. The first-order chi connectivity index (χ1) is 12.1. The Morgan fingerprint density at radius 2 is 1.52 bits per heavy atom. The van der Waals surface area contributed by atoms with Crippen LogP contribution in [0.5, 0.6) is 23.0 Å². The molecule has 0 aliphatic carbocycles. The molecule has 0 aliphatic rings. The smallest absolute Gasteiger partial charge is 0.228 e. The fourth-order valence-electron chi connectivity index (χ4n) is 2.30. The lowest BCUT2D eigenvalue weighted by Crippen LogP contribution is -2.14. The van der Waals surface area contributed by atoms with Gasteiger partial charge in [0.25, 0.3) is 0 Å². The van der Waals surface area contributed by atoms with Crippen molar-refractivity contribution in [2.24, 2.45) is 0 Å². The molecule has 126 valence electrons. The number of ether oxygens (including phenoxy) is 1. The maximum atomic E-state index is 12.1. The Kier molecular flexibility index (Phi) is 4.85. The highest BCUT2D eigenvalue weighted by Gasteiger charge is 2.07. The van der Waals surface area contributed by atoms with Crippen LogP contribution in [-0.4, -0.2) is 16.1 Å². The van der Waals surface area contributed by atoms with Crippen molar-refractivity contribution < 1.29 is 19.7 Å². The number of aromatic hydroxyl groups is 2. The molecule has 0 saturated carbocycles. The summed E-state index contributed by atoms with van der Waals surface area (Å²) in [6.45, 7) is 0. The topological polar surface area (TPSA) is 78.8 Å². The molecule has 0 fully saturated rings. The maximum Gasteiger partial charge on any atom is 0.228 e. The predicted octanol–water partition coefficient (Wildman–Crippen LogP) is 4.07. The van der Waals surface area contributed by atoms with Crippen LogP contribution in [0.1, 0.15) is 5.56 Å². The van der Waals surface area contributed by atoms with E-state index >= 15 is 0 Å². The van der Waals surface area contributed by atoms with Crippen molar-refractivity contribution in [1.82, 2.24) is 0 Å². The standard InChI is InChI=1S/C20H17NO4/c22-18-11-6-14(12-19(18)23)13-20(24)21-15-7-9-17(10-8-15)25-16-4-2-1-3-5-16/h1-12,22-23H,13H2,(H,21,24). The zero-order valence-electron chi connectivity index (χ0n) is 13.3. The van der Waals surface area contributed by atoms with Gasteiger partial charge in [0.15, 0.2) is 11.5 Å². The molecule has 0 saturated heterocycles. The molecule has 25 heavy (non-hydrogen) atoms. The Labute approximate surface area is 145 Å². The zero-order chi connectivity index (χ0) is 17.6. The van der Waals surface area contributed by atoms with Crippen LogP contribution < -0.4 is 10.1 Å². The van der Waals surface area contributed by atoms with Gasteiger partial charge in [0.2, 0.25) is 5.91 Å². The summed E-state index contributed by atoms with van der Waals surface area (Å²) in [5.74, 6) is 0.742. The molecular weight excluding hydrogens is 318 g/mol. The van der Waals surface area contributed by atoms with Crippen LogP contribution in [0, 0.1) is 0 Å². The molecule has 0 aromatic heterocycles. The molecule has 0 unspecified atom stereocenters. The van der Waals surface area contributed by atoms with Crippen molar-refractivity contribution in [3.8, 4) is 23.0 Å². The summed E-state index contributed by atoms with van der Waals surface area (Å²) in [4.78, 5) is 12.1. The molecule has 3 aromatic carbocycles. The van der Waals surface area contributed by atoms with E-state index in [4.69, 9.17) is 4.74 Å². The largest absolute Gasteiger partial charge is 0.504 e. The summed E-state index contributed by atoms with van der Waals surface area (Å²) < 4.78 is 5.69. The van der Waals surface area contributed by atoms with E-state index in [2.05, 4.69) is 5.32 Å². The van der Waals surface area contributed by atoms with Crippen molar-refractivity contribution in [3.63, 3.8) is 0 Å². The van der Waals surface area contributed by atoms with Gasteiger partial charge in [-0.3, -0.25) is 4.79 Å². The number of phenolic OH excluding ortho intramolecular Hbond substituents is 2. The van der Waals surface area contributed by atoms with Crippen molar-refractivity contribution in [2.45, 2.75) is 6.42 Å². The van der Waals surface area contributed by atoms with Crippen molar-refractivity contribution in [2.75, 3.05) is 5.32 Å². The van der Waals surface area contributed by atoms with Gasteiger partial charge >= 0.3 is 0 Å². The lowest BCUT2D eigenvalue weighted by molar-refractivity contribution is -0.115. The number of hydrogen-bond donors (Lipinski definition) is 3. The SMILES string of the molecule is O=C(Cc1ccc(O)c(O)c1)Nc1ccc(Oc2ccccc2)cc1. The average molecular weight is 335 g/mol. The van der Waals surface area contributed by atoms with Crippen molar-refractivity contribution in [1.29, 1.82) is 0 Å². The quantitative estimate of drug-likeness (QED) is 0.614. The first-order valence-corrected chi connectivity index (χ1v) is 7.74. The van der Waals surface area contributed by atoms with Crippen LogP contribution in [0.4, 0.5) is 5.69 Å². The lowest BCUT2D eigenvalue weighted by Gasteiger charge is -2.08. The summed E-state index contributed by atoms with van der Waals surface area (Å²) in [6, 6.07) is 20.8. The molecule has 0 spiro atoms. The number of rotatable bonds is 5. The fourth-order valence-corrected chi connectivity index (χ4v) is 2.30. The van der Waals surface area contributed by atoms with E-state index in [1.54, 1.807) is 30.3 Å². The van der Waals surface area contributed by atoms with Gasteiger partial charge in [-0.1, -0.05) is 24.3 Å². The summed E-state index contributed by atoms with van der Waals surface area (Å²) in [5, 5.41) is 21.5. The van der Waals surface area contributed by atoms with Gasteiger partial charge in [0.05, 0.1) is 6.42 Å². The predicted molar refractivity (Wildman–Crippen MR) is 95.1 cm³/mol. The number of para-hydroxylation sites is 1. The van der Waals surface area contributed by atoms with E-state index in [1.807, 2.05) is 30.3 Å². The number of hydrogen-bond acceptors (Lipinski definition) is 4. The highest BCUT2D eigenvalue weighted by Crippen LogP contribution is 2.25. The molecule has 3 rings (SSSR count). The Morgan fingerprint density at radius 3 is 2.20 bits per heavy atom. The molecule has 5 nitrogen and oxygen atoms in total. The first-order valence-electron chi connectivity index (χ1n) is 7.74. The summed E-state index contributed by atoms with van der Waals surface area (Å²) in [6.07, 6.45) is 0.0934. The molecule has 3 aromatic rings. The molecule has 0 bridgehead atoms. The van der Waals surface area contributed by atoms with Gasteiger partial charge in [-0.2, -0.15) is 0 Å². The third kappa shape index (κ3) is 4.51. The second-order valence-corrected chi connectivity index (χ2v) is 5.49. The van der Waals surface area contributed by atoms with Crippen molar-refractivity contribution >= 4 is 11.6 Å². The van der Waals surface area contributed by atoms with E-state index in [1.165, 1.54) is 12.1 Å². The zero-order valence-corrected chi connectivity index (χ0v) is 13.3. The van der Waals surface area contributed by atoms with Gasteiger partial charge in [-0.05, 0) is 54.1 Å². The van der Waals surface area contributed by atoms with Crippen molar-refractivity contribution in [3.05, 3.63) is 78.4 Å². The third-order valence-corrected chi connectivity index (χ3v) is 3.52. The molecule has 5 heteroatoms. The van der Waals surface area contributed by atoms with Crippen LogP contribution in [0.25, 0.3) is 0 Å². The van der Waals surface area contributed by atoms with Gasteiger partial charge < -0.3 is 20.3 Å². The molecule has 1 amide bonds. The molecular formula is C20H17NO4. The number of phenols is 2. The number of anilines is 1. The number of benzene rings is 3. The normalized spacial score (nSPS) is 10.2. The summed E-state index contributed by atoms with van der Waals surface area (Å²) >= 11 is 0. The van der Waals surface area contributed by atoms with E-state index in [0.29, 0.717) is 17.0 Å². The summed E-state index contributed by atoms with van der Waals surface area (Å²) in [7, 11) is 0. The second kappa shape index (κ2) is 7.40. The number of nitrogens with one attached hydrogen (secondary N) is 1. The van der Waals surface area contributed by atoms with E-state index in [0.717, 1.165) is 5.75 Å². The molecule has 0 aliphatic heterocycles. The van der Waals surface area contributed by atoms with E-state index in [9.17, 15) is 15.0 Å². The minimum absolute atomic E-state index is 0.0934. The van der Waals surface area contributed by atoms with Crippen LogP contribution >= 0.6 is 0 Å². The van der Waals surface area contributed by atoms with Crippen LogP contribution in [0.15, 0.2) is 72.8 Å². The fraction of sp³-hybridized carbons (Fsp3) is 0.0500. The molecule has 3 N–H and O–H groups in total. The highest BCUT2D eigenvalue weighted by atomic mass is 16.5. The van der Waals surface area contributed by atoms with E-state index in [-0.39, 0.29) is 23.8 Å². The maximum absolute atomic E-state index is 12.1. The first kappa shape index (κ1) is 16.4. The third-order valence-electron chi connectivity index (χ3n) is 3.52. The Morgan fingerprint density at radius 1 is 0.840 bits per heavy atom. The minimum atomic E-state index is -0.243. The van der Waals surface area contributed by atoms with E-state index < -0.39 is 0 Å². The molecule has 0 heterocycles. The Hall–Kier alpha value is -3.47.